The molecule has 0 unspecified atom stereocenters. The van der Waals surface area contributed by atoms with Gasteiger partial charge >= 0.3 is 12.1 Å². The van der Waals surface area contributed by atoms with Gasteiger partial charge in [0.15, 0.2) is 17.3 Å². The number of carbonyl (C=O) groups is 1. The van der Waals surface area contributed by atoms with Crippen LogP contribution in [0.3, 0.4) is 0 Å². The van der Waals surface area contributed by atoms with Gasteiger partial charge in [0.1, 0.15) is 11.2 Å². The molecule has 0 aliphatic heterocycles. The van der Waals surface area contributed by atoms with E-state index in [-0.39, 0.29) is 24.1 Å². The highest BCUT2D eigenvalue weighted by atomic mass is 19.4. The molecular weight excluding hydrogens is 521 g/mol. The Morgan fingerprint density at radius 2 is 1.80 bits per heavy atom. The maximum absolute atomic E-state index is 13.2. The van der Waals surface area contributed by atoms with E-state index in [2.05, 4.69) is 20.3 Å². The number of hydrogen-bond acceptors (Lipinski definition) is 6. The summed E-state index contributed by atoms with van der Waals surface area (Å²) >= 11 is 0. The third kappa shape index (κ3) is 5.00. The van der Waals surface area contributed by atoms with E-state index in [9.17, 15) is 23.1 Å². The number of pyridine rings is 1. The lowest BCUT2D eigenvalue weighted by atomic mass is 9.80. The number of carboxylic acids is 1. The molecular formula is C29H29F3N6O2. The minimum atomic E-state index is -4.44. The number of anilines is 1. The Morgan fingerprint density at radius 1 is 1.07 bits per heavy atom. The molecule has 8 nitrogen and oxygen atoms in total. The Bertz CT molecular complexity index is 1560. The number of imidazole rings is 1. The number of alkyl halides is 3. The predicted molar refractivity (Wildman–Crippen MR) is 143 cm³/mol. The van der Waals surface area contributed by atoms with E-state index in [0.717, 1.165) is 49.8 Å². The highest BCUT2D eigenvalue weighted by Gasteiger charge is 2.31. The van der Waals surface area contributed by atoms with Gasteiger partial charge in [-0.1, -0.05) is 25.0 Å². The van der Waals surface area contributed by atoms with Crippen molar-refractivity contribution >= 4 is 23.0 Å². The summed E-state index contributed by atoms with van der Waals surface area (Å²) in [6.07, 6.45) is 3.97. The van der Waals surface area contributed by atoms with Gasteiger partial charge in [0.2, 0.25) is 5.82 Å². The van der Waals surface area contributed by atoms with E-state index >= 15 is 0 Å². The molecule has 0 radical (unpaired) electrons. The Morgan fingerprint density at radius 3 is 2.40 bits per heavy atom. The van der Waals surface area contributed by atoms with Gasteiger partial charge in [-0.15, -0.1) is 0 Å². The van der Waals surface area contributed by atoms with Crippen LogP contribution in [0.5, 0.6) is 0 Å². The minimum Gasteiger partial charge on any atom is -0.475 e. The molecule has 2 saturated carbocycles. The highest BCUT2D eigenvalue weighted by molar-refractivity contribution is 5.92. The first-order valence-corrected chi connectivity index (χ1v) is 13.6. The van der Waals surface area contributed by atoms with Crippen LogP contribution >= 0.6 is 0 Å². The number of nitrogens with one attached hydrogen (secondary N) is 1. The Kier molecular flexibility index (Phi) is 6.67. The van der Waals surface area contributed by atoms with Gasteiger partial charge in [-0.3, -0.25) is 4.98 Å². The van der Waals surface area contributed by atoms with Gasteiger partial charge in [0.25, 0.3) is 0 Å². The maximum atomic E-state index is 13.2. The molecule has 6 rings (SSSR count). The zero-order valence-corrected chi connectivity index (χ0v) is 21.9. The van der Waals surface area contributed by atoms with E-state index in [1.807, 2.05) is 23.6 Å². The summed E-state index contributed by atoms with van der Waals surface area (Å²) in [5.74, 6) is 0.0242. The zero-order valence-electron chi connectivity index (χ0n) is 21.9. The van der Waals surface area contributed by atoms with E-state index in [1.54, 1.807) is 6.20 Å². The first-order chi connectivity index (χ1) is 19.2. The van der Waals surface area contributed by atoms with E-state index in [1.165, 1.54) is 18.6 Å². The van der Waals surface area contributed by atoms with Crippen LogP contribution in [0, 0.1) is 5.92 Å². The van der Waals surface area contributed by atoms with Gasteiger partial charge in [0, 0.05) is 18.8 Å². The topological polar surface area (TPSA) is 106 Å². The third-order valence-electron chi connectivity index (χ3n) is 8.23. The monoisotopic (exact) mass is 550 g/mol. The normalized spacial score (nSPS) is 16.9. The molecule has 2 N–H and O–H groups in total. The van der Waals surface area contributed by atoms with E-state index < -0.39 is 17.7 Å². The molecule has 3 heterocycles. The molecule has 40 heavy (non-hydrogen) atoms. The smallest absolute Gasteiger partial charge is 0.416 e. The molecule has 0 amide bonds. The van der Waals surface area contributed by atoms with Gasteiger partial charge in [-0.05, 0) is 79.8 Å². The van der Waals surface area contributed by atoms with E-state index in [4.69, 9.17) is 4.98 Å². The van der Waals surface area contributed by atoms with Crippen molar-refractivity contribution in [2.24, 2.45) is 5.92 Å². The van der Waals surface area contributed by atoms with E-state index in [0.29, 0.717) is 40.3 Å². The van der Waals surface area contributed by atoms with Crippen LogP contribution < -0.4 is 5.32 Å². The Hall–Kier alpha value is -4.02. The van der Waals surface area contributed by atoms with Crippen LogP contribution in [0.15, 0.2) is 42.6 Å². The zero-order chi connectivity index (χ0) is 28.0. The van der Waals surface area contributed by atoms with Crippen molar-refractivity contribution in [3.8, 4) is 11.5 Å². The van der Waals surface area contributed by atoms with Crippen molar-refractivity contribution in [3.63, 3.8) is 0 Å². The lowest BCUT2D eigenvalue weighted by molar-refractivity contribution is -0.137. The maximum Gasteiger partial charge on any atom is 0.416 e. The number of aromatic nitrogens is 5. The van der Waals surface area contributed by atoms with Crippen molar-refractivity contribution < 1.29 is 23.1 Å². The largest absolute Gasteiger partial charge is 0.475 e. The summed E-state index contributed by atoms with van der Waals surface area (Å²) in [6.45, 7) is 2.21. The van der Waals surface area contributed by atoms with Gasteiger partial charge in [-0.2, -0.15) is 13.2 Å². The fraction of sp³-hybridized carbons (Fsp3) is 0.414. The standard InChI is InChI=1S/C29H29F3N6O2/c1-16(18-4-2-5-18)34-24-23-25(36-26(35-24)28(39)40)37-27(22-14-20(12-13-33-22)19-6-3-7-19)38(23)15-17-8-10-21(11-9-17)29(30,31)32/h8-14,16,18-19H,2-7,15H2,1H3,(H,39,40)(H,34,35,36)/t16-/m1/s1. The molecule has 2 fully saturated rings. The number of fused-ring (bicyclic) bond motifs is 1. The van der Waals surface area contributed by atoms with Crippen LogP contribution in [0.4, 0.5) is 19.0 Å². The summed E-state index contributed by atoms with van der Waals surface area (Å²) in [7, 11) is 0. The SMILES string of the molecule is C[C@@H](Nc1nc(C(=O)O)nc2nc(-c3cc(C4CCC4)ccn3)n(Cc3ccc(C(F)(F)F)cc3)c12)C1CCC1. The molecule has 2 aliphatic carbocycles. The lowest BCUT2D eigenvalue weighted by Gasteiger charge is -2.32. The average Bonchev–Trinajstić information content (AvgIpc) is 3.20. The van der Waals surface area contributed by atoms with Crippen molar-refractivity contribution in [2.45, 2.75) is 70.1 Å². The molecule has 0 saturated heterocycles. The molecule has 4 aromatic rings. The summed E-state index contributed by atoms with van der Waals surface area (Å²) in [6, 6.07) is 9.00. The fourth-order valence-electron chi connectivity index (χ4n) is 5.40. The average molecular weight is 551 g/mol. The van der Waals surface area contributed by atoms with Crippen LogP contribution in [-0.2, 0) is 12.7 Å². The quantitative estimate of drug-likeness (QED) is 0.257. The Labute approximate surface area is 228 Å². The Balaban J connectivity index is 1.50. The van der Waals surface area contributed by atoms with Crippen LogP contribution in [0.1, 0.15) is 78.7 Å². The second kappa shape index (κ2) is 10.2. The molecule has 3 aromatic heterocycles. The predicted octanol–water partition coefficient (Wildman–Crippen LogP) is 6.52. The number of hydrogen-bond donors (Lipinski definition) is 2. The second-order valence-corrected chi connectivity index (χ2v) is 10.8. The second-order valence-electron chi connectivity index (χ2n) is 10.8. The molecule has 2 aliphatic rings. The lowest BCUT2D eigenvalue weighted by Crippen LogP contribution is -2.31. The number of rotatable bonds is 8. The molecule has 1 atom stereocenters. The van der Waals surface area contributed by atoms with Crippen LogP contribution in [0.25, 0.3) is 22.7 Å². The number of halogens is 3. The molecule has 208 valence electrons. The van der Waals surface area contributed by atoms with Crippen molar-refractivity contribution in [1.82, 2.24) is 24.5 Å². The highest BCUT2D eigenvalue weighted by Crippen LogP contribution is 2.38. The van der Waals surface area contributed by atoms with Crippen molar-refractivity contribution in [2.75, 3.05) is 5.32 Å². The fourth-order valence-corrected chi connectivity index (χ4v) is 5.40. The summed E-state index contributed by atoms with van der Waals surface area (Å²) in [4.78, 5) is 29.8. The first-order valence-electron chi connectivity index (χ1n) is 13.6. The first kappa shape index (κ1) is 26.2. The number of carboxylic acid groups (broad SMARTS) is 1. The summed E-state index contributed by atoms with van der Waals surface area (Å²) in [5, 5.41) is 13.1. The number of nitrogens with zero attached hydrogens (tertiary/aromatic N) is 5. The van der Waals surface area contributed by atoms with Crippen molar-refractivity contribution in [3.05, 3.63) is 65.1 Å². The third-order valence-corrected chi connectivity index (χ3v) is 8.23. The van der Waals surface area contributed by atoms with Gasteiger partial charge < -0.3 is 15.0 Å². The minimum absolute atomic E-state index is 0.0337. The summed E-state index contributed by atoms with van der Waals surface area (Å²) < 4.78 is 41.4. The van der Waals surface area contributed by atoms with Crippen LogP contribution in [0.2, 0.25) is 0 Å². The van der Waals surface area contributed by atoms with Crippen LogP contribution in [-0.4, -0.2) is 41.6 Å². The summed E-state index contributed by atoms with van der Waals surface area (Å²) in [5.41, 5.74) is 2.30. The number of aromatic carboxylic acids is 1. The van der Waals surface area contributed by atoms with Crippen molar-refractivity contribution in [1.29, 1.82) is 0 Å². The van der Waals surface area contributed by atoms with Gasteiger partial charge in [0.05, 0.1) is 5.56 Å². The molecule has 11 heteroatoms. The molecule has 0 spiro atoms. The van der Waals surface area contributed by atoms with Gasteiger partial charge in [-0.25, -0.2) is 19.7 Å². The number of benzene rings is 1. The molecule has 1 aromatic carbocycles. The molecule has 0 bridgehead atoms.